The Balaban J connectivity index is 1.23. The molecule has 2 fully saturated rings. The molecule has 5 heteroatoms. The molecular weight excluding hydrogens is 422 g/mol. The smallest absolute Gasteiger partial charge is 0.227 e. The number of nitrogens with one attached hydrogen (secondary N) is 2. The molecule has 1 heterocycles. The minimum Gasteiger partial charge on any atom is -0.353 e. The Morgan fingerprint density at radius 2 is 1.53 bits per heavy atom. The predicted molar refractivity (Wildman–Crippen MR) is 136 cm³/mol. The number of hydrogen-bond acceptors (Lipinski definition) is 3. The summed E-state index contributed by atoms with van der Waals surface area (Å²) in [5, 5.41) is 6.57. The van der Waals surface area contributed by atoms with Gasteiger partial charge in [0.1, 0.15) is 0 Å². The van der Waals surface area contributed by atoms with Crippen molar-refractivity contribution in [2.24, 2.45) is 5.92 Å². The molecule has 34 heavy (non-hydrogen) atoms. The fourth-order valence-corrected chi connectivity index (χ4v) is 5.05. The monoisotopic (exact) mass is 461 g/mol. The number of benzene rings is 2. The van der Waals surface area contributed by atoms with Crippen LogP contribution in [0.2, 0.25) is 0 Å². The molecule has 1 saturated carbocycles. The second kappa shape index (κ2) is 12.2. The van der Waals surface area contributed by atoms with Crippen molar-refractivity contribution < 1.29 is 9.59 Å². The lowest BCUT2D eigenvalue weighted by Gasteiger charge is -2.34. The van der Waals surface area contributed by atoms with Gasteiger partial charge in [0, 0.05) is 32.1 Å². The Hall–Kier alpha value is -2.66. The Bertz CT molecular complexity index is 905. The standard InChI is InChI=1S/C29H39N3O2/c1-22(24-11-4-2-5-12-24)29(34)30-26-15-18-32(19-16-26)20-17-27(25-13-6-3-7-14-25)31-28(33)21-23-9-8-10-23/h2-7,11-14,22-23,26-27H,8-10,15-21H2,1H3,(H,30,34)(H,31,33)/t22-,27?/m0/s1. The van der Waals surface area contributed by atoms with Gasteiger partial charge in [-0.3, -0.25) is 9.59 Å². The molecule has 2 atom stereocenters. The van der Waals surface area contributed by atoms with Gasteiger partial charge in [-0.25, -0.2) is 0 Å². The Morgan fingerprint density at radius 3 is 2.12 bits per heavy atom. The molecule has 1 saturated heterocycles. The van der Waals surface area contributed by atoms with Crippen molar-refractivity contribution in [1.82, 2.24) is 15.5 Å². The maximum absolute atomic E-state index is 12.7. The van der Waals surface area contributed by atoms with Crippen molar-refractivity contribution >= 4 is 11.8 Å². The molecule has 5 nitrogen and oxygen atoms in total. The largest absolute Gasteiger partial charge is 0.353 e. The fourth-order valence-electron chi connectivity index (χ4n) is 5.05. The van der Waals surface area contributed by atoms with Crippen molar-refractivity contribution in [2.45, 2.75) is 69.9 Å². The van der Waals surface area contributed by atoms with E-state index in [1.54, 1.807) is 0 Å². The number of piperidine rings is 1. The molecule has 0 aromatic heterocycles. The van der Waals surface area contributed by atoms with Crippen LogP contribution in [0.3, 0.4) is 0 Å². The summed E-state index contributed by atoms with van der Waals surface area (Å²) in [5.41, 5.74) is 2.24. The Kier molecular flexibility index (Phi) is 8.75. The third kappa shape index (κ3) is 6.92. The van der Waals surface area contributed by atoms with Crippen molar-refractivity contribution in [3.05, 3.63) is 71.8 Å². The molecule has 2 aromatic carbocycles. The van der Waals surface area contributed by atoms with E-state index < -0.39 is 0 Å². The summed E-state index contributed by atoms with van der Waals surface area (Å²) in [4.78, 5) is 27.8. The molecule has 0 spiro atoms. The van der Waals surface area contributed by atoms with Crippen LogP contribution in [0.5, 0.6) is 0 Å². The zero-order valence-corrected chi connectivity index (χ0v) is 20.4. The van der Waals surface area contributed by atoms with E-state index in [9.17, 15) is 9.59 Å². The van der Waals surface area contributed by atoms with Crippen LogP contribution < -0.4 is 10.6 Å². The van der Waals surface area contributed by atoms with E-state index in [4.69, 9.17) is 0 Å². The summed E-state index contributed by atoms with van der Waals surface area (Å²) in [6.07, 6.45) is 7.16. The van der Waals surface area contributed by atoms with Crippen LogP contribution in [0.25, 0.3) is 0 Å². The van der Waals surface area contributed by atoms with Gasteiger partial charge in [0.2, 0.25) is 11.8 Å². The van der Waals surface area contributed by atoms with Crippen LogP contribution in [-0.4, -0.2) is 42.4 Å². The van der Waals surface area contributed by atoms with E-state index in [1.165, 1.54) is 24.8 Å². The van der Waals surface area contributed by atoms with Crippen molar-refractivity contribution in [3.8, 4) is 0 Å². The van der Waals surface area contributed by atoms with Gasteiger partial charge in [0.05, 0.1) is 12.0 Å². The fraction of sp³-hybridized carbons (Fsp3) is 0.517. The lowest BCUT2D eigenvalue weighted by molar-refractivity contribution is -0.124. The minimum atomic E-state index is -0.130. The maximum Gasteiger partial charge on any atom is 0.227 e. The summed E-state index contributed by atoms with van der Waals surface area (Å²) >= 11 is 0. The lowest BCUT2D eigenvalue weighted by Crippen LogP contribution is -2.46. The van der Waals surface area contributed by atoms with E-state index >= 15 is 0 Å². The van der Waals surface area contributed by atoms with E-state index in [2.05, 4.69) is 27.7 Å². The number of hydrogen-bond donors (Lipinski definition) is 2. The van der Waals surface area contributed by atoms with Crippen LogP contribution >= 0.6 is 0 Å². The zero-order chi connectivity index (χ0) is 23.8. The van der Waals surface area contributed by atoms with Crippen molar-refractivity contribution in [1.29, 1.82) is 0 Å². The molecule has 2 amide bonds. The summed E-state index contributed by atoms with van der Waals surface area (Å²) in [6, 6.07) is 20.6. The van der Waals surface area contributed by atoms with Crippen LogP contribution in [0, 0.1) is 5.92 Å². The van der Waals surface area contributed by atoms with Gasteiger partial charge in [-0.05, 0) is 56.1 Å². The molecule has 2 aromatic rings. The van der Waals surface area contributed by atoms with Gasteiger partial charge in [-0.2, -0.15) is 0 Å². The lowest BCUT2D eigenvalue weighted by atomic mass is 9.83. The highest BCUT2D eigenvalue weighted by Gasteiger charge is 2.25. The van der Waals surface area contributed by atoms with Crippen LogP contribution in [0.1, 0.15) is 75.0 Å². The quantitative estimate of drug-likeness (QED) is 0.534. The maximum atomic E-state index is 12.7. The second-order valence-electron chi connectivity index (χ2n) is 10.1. The molecule has 182 valence electrons. The van der Waals surface area contributed by atoms with E-state index in [0.29, 0.717) is 12.3 Å². The average Bonchev–Trinajstić information content (AvgIpc) is 2.85. The molecule has 0 radical (unpaired) electrons. The first kappa shape index (κ1) is 24.5. The molecule has 1 aliphatic carbocycles. The van der Waals surface area contributed by atoms with E-state index in [-0.39, 0.29) is 29.8 Å². The highest BCUT2D eigenvalue weighted by molar-refractivity contribution is 5.83. The number of carbonyl (C=O) groups excluding carboxylic acids is 2. The molecular formula is C29H39N3O2. The van der Waals surface area contributed by atoms with Crippen LogP contribution in [0.15, 0.2) is 60.7 Å². The summed E-state index contributed by atoms with van der Waals surface area (Å²) in [7, 11) is 0. The van der Waals surface area contributed by atoms with Crippen LogP contribution in [-0.2, 0) is 9.59 Å². The molecule has 0 bridgehead atoms. The average molecular weight is 462 g/mol. The number of amides is 2. The van der Waals surface area contributed by atoms with Crippen LogP contribution in [0.4, 0.5) is 0 Å². The Morgan fingerprint density at radius 1 is 0.912 bits per heavy atom. The molecule has 4 rings (SSSR count). The predicted octanol–water partition coefficient (Wildman–Crippen LogP) is 4.81. The van der Waals surface area contributed by atoms with Gasteiger partial charge in [0.15, 0.2) is 0 Å². The van der Waals surface area contributed by atoms with Gasteiger partial charge >= 0.3 is 0 Å². The van der Waals surface area contributed by atoms with Gasteiger partial charge in [0.25, 0.3) is 0 Å². The highest BCUT2D eigenvalue weighted by Crippen LogP contribution is 2.29. The summed E-state index contributed by atoms with van der Waals surface area (Å²) in [6.45, 7) is 4.87. The first-order valence-corrected chi connectivity index (χ1v) is 13.0. The normalized spacial score (nSPS) is 19.1. The minimum absolute atomic E-state index is 0.0536. The number of nitrogens with zero attached hydrogens (tertiary/aromatic N) is 1. The number of rotatable bonds is 10. The zero-order valence-electron chi connectivity index (χ0n) is 20.4. The van der Waals surface area contributed by atoms with Gasteiger partial charge in [-0.1, -0.05) is 67.1 Å². The molecule has 1 unspecified atom stereocenters. The van der Waals surface area contributed by atoms with E-state index in [0.717, 1.165) is 44.5 Å². The number of carbonyl (C=O) groups is 2. The van der Waals surface area contributed by atoms with Crippen molar-refractivity contribution in [3.63, 3.8) is 0 Å². The molecule has 1 aliphatic heterocycles. The first-order valence-electron chi connectivity index (χ1n) is 13.0. The second-order valence-corrected chi connectivity index (χ2v) is 10.1. The molecule has 2 N–H and O–H groups in total. The van der Waals surface area contributed by atoms with Gasteiger partial charge < -0.3 is 15.5 Å². The third-order valence-corrected chi connectivity index (χ3v) is 7.60. The van der Waals surface area contributed by atoms with Gasteiger partial charge in [-0.15, -0.1) is 0 Å². The summed E-state index contributed by atoms with van der Waals surface area (Å²) < 4.78 is 0. The topological polar surface area (TPSA) is 61.4 Å². The SMILES string of the molecule is C[C@H](C(=O)NC1CCN(CCC(NC(=O)CC2CCC2)c2ccccc2)CC1)c1ccccc1. The first-order chi connectivity index (χ1) is 16.6. The third-order valence-electron chi connectivity index (χ3n) is 7.60. The van der Waals surface area contributed by atoms with Crippen molar-refractivity contribution in [2.75, 3.05) is 19.6 Å². The number of likely N-dealkylation sites (tertiary alicyclic amines) is 1. The van der Waals surface area contributed by atoms with E-state index in [1.807, 2.05) is 55.5 Å². The highest BCUT2D eigenvalue weighted by atomic mass is 16.2. The Labute approximate surface area is 204 Å². The molecule has 2 aliphatic rings. The summed E-state index contributed by atoms with van der Waals surface area (Å²) in [5.74, 6) is 0.750.